The van der Waals surface area contributed by atoms with E-state index in [1.165, 1.54) is 0 Å². The van der Waals surface area contributed by atoms with Gasteiger partial charge in [-0.3, -0.25) is 0 Å². The second kappa shape index (κ2) is 3.93. The molecule has 0 saturated carbocycles. The Balaban J connectivity index is 2.31. The summed E-state index contributed by atoms with van der Waals surface area (Å²) in [6, 6.07) is 7.03. The molecule has 0 nitrogen and oxygen atoms in total. The molecule has 0 saturated heterocycles. The average molecular weight is 229 g/mol. The van der Waals surface area contributed by atoms with Crippen molar-refractivity contribution in [2.24, 2.45) is 0 Å². The van der Waals surface area contributed by atoms with Crippen molar-refractivity contribution in [2.45, 2.75) is 25.2 Å². The summed E-state index contributed by atoms with van der Waals surface area (Å²) in [5.74, 6) is -2.65. The van der Waals surface area contributed by atoms with E-state index in [1.807, 2.05) is 0 Å². The monoisotopic (exact) mass is 228 g/mol. The number of halogens is 3. The predicted molar refractivity (Wildman–Crippen MR) is 58.2 cm³/mol. The van der Waals surface area contributed by atoms with E-state index in [-0.39, 0.29) is 6.42 Å². The van der Waals surface area contributed by atoms with Gasteiger partial charge in [-0.05, 0) is 42.2 Å². The van der Waals surface area contributed by atoms with Gasteiger partial charge in [0.2, 0.25) is 0 Å². The lowest BCUT2D eigenvalue weighted by molar-refractivity contribution is 0.0404. The molecule has 1 aromatic carbocycles. The van der Waals surface area contributed by atoms with Gasteiger partial charge in [0, 0.05) is 11.4 Å². The van der Waals surface area contributed by atoms with Crippen molar-refractivity contribution in [2.75, 3.05) is 0 Å². The summed E-state index contributed by atoms with van der Waals surface area (Å²) in [7, 11) is 0. The molecule has 0 amide bonds. The van der Waals surface area contributed by atoms with Gasteiger partial charge in [-0.25, -0.2) is 8.78 Å². The van der Waals surface area contributed by atoms with Gasteiger partial charge in [0.15, 0.2) is 0 Å². The van der Waals surface area contributed by atoms with Gasteiger partial charge in [0.1, 0.15) is 0 Å². The Kier molecular flexibility index (Phi) is 2.79. The Hall–Kier alpha value is -0.890. The van der Waals surface area contributed by atoms with E-state index in [0.717, 1.165) is 23.6 Å². The lowest BCUT2D eigenvalue weighted by Crippen LogP contribution is -2.16. The van der Waals surface area contributed by atoms with E-state index in [4.69, 9.17) is 11.6 Å². The summed E-state index contributed by atoms with van der Waals surface area (Å²) in [6.45, 7) is 0. The summed E-state index contributed by atoms with van der Waals surface area (Å²) >= 11 is 5.74. The maximum Gasteiger partial charge on any atom is 0.267 e. The normalized spacial score (nSPS) is 19.8. The maximum atomic E-state index is 13.1. The van der Waals surface area contributed by atoms with Crippen LogP contribution in [0.15, 0.2) is 30.3 Å². The number of benzene rings is 1. The van der Waals surface area contributed by atoms with Crippen LogP contribution >= 0.6 is 11.6 Å². The van der Waals surface area contributed by atoms with Crippen LogP contribution in [0, 0.1) is 0 Å². The van der Waals surface area contributed by atoms with Crippen molar-refractivity contribution in [3.8, 4) is 0 Å². The first-order valence-corrected chi connectivity index (χ1v) is 5.30. The fraction of sp³-hybridized carbons (Fsp3) is 0.333. The van der Waals surface area contributed by atoms with Crippen LogP contribution < -0.4 is 0 Å². The number of hydrogen-bond acceptors (Lipinski definition) is 0. The Labute approximate surface area is 92.6 Å². The predicted octanol–water partition coefficient (Wildman–Crippen LogP) is 4.54. The van der Waals surface area contributed by atoms with Crippen molar-refractivity contribution >= 4 is 17.2 Å². The second-order valence-electron chi connectivity index (χ2n) is 3.79. The molecule has 3 heteroatoms. The minimum absolute atomic E-state index is 0.0376. The van der Waals surface area contributed by atoms with Gasteiger partial charge in [-0.2, -0.15) is 0 Å². The smallest absolute Gasteiger partial charge is 0.202 e. The Bertz CT molecular complexity index is 379. The molecule has 1 aliphatic rings. The van der Waals surface area contributed by atoms with E-state index < -0.39 is 5.92 Å². The molecule has 0 heterocycles. The molecule has 1 aliphatic carbocycles. The van der Waals surface area contributed by atoms with Gasteiger partial charge < -0.3 is 0 Å². The fourth-order valence-corrected chi connectivity index (χ4v) is 1.93. The molecular weight excluding hydrogens is 218 g/mol. The molecular formula is C12H11ClF2. The molecule has 0 aliphatic heterocycles. The molecule has 0 atom stereocenters. The van der Waals surface area contributed by atoms with Crippen LogP contribution in [0.2, 0.25) is 5.02 Å². The Morgan fingerprint density at radius 2 is 1.80 bits per heavy atom. The average Bonchev–Trinajstić information content (AvgIpc) is 2.17. The Morgan fingerprint density at radius 3 is 2.40 bits per heavy atom. The van der Waals surface area contributed by atoms with E-state index in [0.29, 0.717) is 11.4 Å². The molecule has 1 aromatic rings. The number of alkyl halides is 2. The van der Waals surface area contributed by atoms with E-state index in [1.54, 1.807) is 24.3 Å². The molecule has 2 rings (SSSR count). The largest absolute Gasteiger partial charge is 0.267 e. The van der Waals surface area contributed by atoms with Crippen molar-refractivity contribution in [1.29, 1.82) is 0 Å². The van der Waals surface area contributed by atoms with Crippen molar-refractivity contribution in [3.05, 3.63) is 40.9 Å². The second-order valence-corrected chi connectivity index (χ2v) is 4.23. The number of hydrogen-bond donors (Lipinski definition) is 0. The van der Waals surface area contributed by atoms with E-state index in [9.17, 15) is 8.78 Å². The van der Waals surface area contributed by atoms with Gasteiger partial charge >= 0.3 is 0 Å². The van der Waals surface area contributed by atoms with Crippen LogP contribution in [-0.2, 0) is 0 Å². The lowest BCUT2D eigenvalue weighted by atomic mass is 9.92. The lowest BCUT2D eigenvalue weighted by Gasteiger charge is -2.20. The van der Waals surface area contributed by atoms with Crippen LogP contribution in [0.1, 0.15) is 24.8 Å². The third-order valence-corrected chi connectivity index (χ3v) is 2.81. The third kappa shape index (κ3) is 2.57. The highest BCUT2D eigenvalue weighted by molar-refractivity contribution is 6.30. The Morgan fingerprint density at radius 1 is 1.13 bits per heavy atom. The number of allylic oxidation sites excluding steroid dienone is 2. The van der Waals surface area contributed by atoms with Crippen LogP contribution in [0.5, 0.6) is 0 Å². The minimum atomic E-state index is -2.65. The first kappa shape index (κ1) is 10.6. The van der Waals surface area contributed by atoms with Gasteiger partial charge in [-0.15, -0.1) is 0 Å². The zero-order chi connectivity index (χ0) is 10.9. The topological polar surface area (TPSA) is 0 Å². The molecule has 0 radical (unpaired) electrons. The number of rotatable bonds is 1. The van der Waals surface area contributed by atoms with Gasteiger partial charge in [-0.1, -0.05) is 23.7 Å². The van der Waals surface area contributed by atoms with Crippen molar-refractivity contribution in [1.82, 2.24) is 0 Å². The molecule has 80 valence electrons. The van der Waals surface area contributed by atoms with Crippen molar-refractivity contribution < 1.29 is 8.78 Å². The molecule has 0 N–H and O–H groups in total. The van der Waals surface area contributed by atoms with Crippen LogP contribution in [0.25, 0.3) is 5.57 Å². The minimum Gasteiger partial charge on any atom is -0.202 e. The molecule has 15 heavy (non-hydrogen) atoms. The standard InChI is InChI=1S/C12H11ClF2/c13-11-5-3-9(4-6-11)10-2-1-7-12(14,15)8-10/h3-6,8H,1-2,7H2. The van der Waals surface area contributed by atoms with E-state index in [2.05, 4.69) is 0 Å². The van der Waals surface area contributed by atoms with Gasteiger partial charge in [0.25, 0.3) is 5.92 Å². The SMILES string of the molecule is FC1(F)C=C(c2ccc(Cl)cc2)CCC1. The molecule has 0 bridgehead atoms. The highest BCUT2D eigenvalue weighted by atomic mass is 35.5. The zero-order valence-electron chi connectivity index (χ0n) is 8.14. The first-order valence-electron chi connectivity index (χ1n) is 4.92. The third-order valence-electron chi connectivity index (χ3n) is 2.56. The van der Waals surface area contributed by atoms with Crippen LogP contribution in [0.4, 0.5) is 8.78 Å². The van der Waals surface area contributed by atoms with E-state index >= 15 is 0 Å². The maximum absolute atomic E-state index is 13.1. The summed E-state index contributed by atoms with van der Waals surface area (Å²) in [6.07, 6.45) is 2.31. The molecule has 0 fully saturated rings. The summed E-state index contributed by atoms with van der Waals surface area (Å²) in [5.41, 5.74) is 1.57. The van der Waals surface area contributed by atoms with Crippen LogP contribution in [0.3, 0.4) is 0 Å². The van der Waals surface area contributed by atoms with Crippen LogP contribution in [-0.4, -0.2) is 5.92 Å². The molecule has 0 spiro atoms. The highest BCUT2D eigenvalue weighted by Gasteiger charge is 2.29. The fourth-order valence-electron chi connectivity index (χ4n) is 1.81. The quantitative estimate of drug-likeness (QED) is 0.662. The zero-order valence-corrected chi connectivity index (χ0v) is 8.90. The highest BCUT2D eigenvalue weighted by Crippen LogP contribution is 2.35. The summed E-state index contributed by atoms with van der Waals surface area (Å²) in [5, 5.41) is 0.627. The first-order chi connectivity index (χ1) is 7.07. The summed E-state index contributed by atoms with van der Waals surface area (Å²) < 4.78 is 26.2. The summed E-state index contributed by atoms with van der Waals surface area (Å²) in [4.78, 5) is 0. The van der Waals surface area contributed by atoms with Gasteiger partial charge in [0.05, 0.1) is 0 Å². The molecule has 0 aromatic heterocycles. The molecule has 0 unspecified atom stereocenters. The van der Waals surface area contributed by atoms with Crippen molar-refractivity contribution in [3.63, 3.8) is 0 Å².